The second kappa shape index (κ2) is 4.25. The Morgan fingerprint density at radius 1 is 1.50 bits per heavy atom. The van der Waals surface area contributed by atoms with Gasteiger partial charge < -0.3 is 10.6 Å². The van der Waals surface area contributed by atoms with Gasteiger partial charge in [-0.15, -0.1) is 0 Å². The minimum absolute atomic E-state index is 0.0506. The first-order valence-corrected chi connectivity index (χ1v) is 5.75. The third kappa shape index (κ3) is 1.71. The van der Waals surface area contributed by atoms with E-state index in [0.29, 0.717) is 13.0 Å². The van der Waals surface area contributed by atoms with Gasteiger partial charge in [0.05, 0.1) is 11.7 Å². The normalized spacial score (nSPS) is 25.4. The predicted molar refractivity (Wildman–Crippen MR) is 60.6 cm³/mol. The molecule has 0 spiro atoms. The highest BCUT2D eigenvalue weighted by atomic mass is 16.2. The van der Waals surface area contributed by atoms with Gasteiger partial charge in [-0.3, -0.25) is 9.48 Å². The SMILES string of the molecule is CCN1C(=O)C[C@@H](N)[C@@H]1c1ccn(CC)n1. The molecule has 1 aliphatic heterocycles. The number of likely N-dealkylation sites (tertiary alicyclic amines) is 1. The van der Waals surface area contributed by atoms with E-state index in [1.165, 1.54) is 0 Å². The topological polar surface area (TPSA) is 64.2 Å². The summed E-state index contributed by atoms with van der Waals surface area (Å²) in [5.74, 6) is 0.131. The van der Waals surface area contributed by atoms with Crippen molar-refractivity contribution in [3.8, 4) is 0 Å². The van der Waals surface area contributed by atoms with E-state index in [0.717, 1.165) is 12.2 Å². The molecule has 1 aromatic rings. The Balaban J connectivity index is 2.27. The van der Waals surface area contributed by atoms with Gasteiger partial charge >= 0.3 is 0 Å². The summed E-state index contributed by atoms with van der Waals surface area (Å²) in [5, 5.41) is 4.44. The van der Waals surface area contributed by atoms with Crippen molar-refractivity contribution in [1.29, 1.82) is 0 Å². The van der Waals surface area contributed by atoms with Crippen molar-refractivity contribution in [2.45, 2.75) is 38.9 Å². The molecule has 0 unspecified atom stereocenters. The fourth-order valence-corrected chi connectivity index (χ4v) is 2.28. The molecule has 1 fully saturated rings. The summed E-state index contributed by atoms with van der Waals surface area (Å²) in [6.45, 7) is 5.53. The monoisotopic (exact) mass is 222 g/mol. The average molecular weight is 222 g/mol. The van der Waals surface area contributed by atoms with Gasteiger partial charge in [-0.25, -0.2) is 0 Å². The van der Waals surface area contributed by atoms with Gasteiger partial charge in [0.25, 0.3) is 0 Å². The number of nitrogens with zero attached hydrogens (tertiary/aromatic N) is 3. The number of hydrogen-bond donors (Lipinski definition) is 1. The third-order valence-electron chi connectivity index (χ3n) is 3.10. The zero-order chi connectivity index (χ0) is 11.7. The number of aromatic nitrogens is 2. The van der Waals surface area contributed by atoms with Gasteiger partial charge in [0.1, 0.15) is 0 Å². The molecule has 2 atom stereocenters. The van der Waals surface area contributed by atoms with Crippen LogP contribution in [0.5, 0.6) is 0 Å². The largest absolute Gasteiger partial charge is 0.333 e. The van der Waals surface area contributed by atoms with Crippen molar-refractivity contribution in [1.82, 2.24) is 14.7 Å². The molecule has 5 heteroatoms. The third-order valence-corrected chi connectivity index (χ3v) is 3.10. The first-order chi connectivity index (χ1) is 7.67. The molecule has 0 aromatic carbocycles. The lowest BCUT2D eigenvalue weighted by molar-refractivity contribution is -0.128. The Hall–Kier alpha value is -1.36. The lowest BCUT2D eigenvalue weighted by Gasteiger charge is -2.23. The molecule has 2 rings (SSSR count). The molecule has 0 radical (unpaired) electrons. The van der Waals surface area contributed by atoms with Gasteiger partial charge in [0.15, 0.2) is 0 Å². The number of hydrogen-bond acceptors (Lipinski definition) is 3. The lowest BCUT2D eigenvalue weighted by atomic mass is 10.1. The summed E-state index contributed by atoms with van der Waals surface area (Å²) in [5.41, 5.74) is 6.91. The first kappa shape index (κ1) is 11.1. The lowest BCUT2D eigenvalue weighted by Crippen LogP contribution is -2.33. The molecular weight excluding hydrogens is 204 g/mol. The highest BCUT2D eigenvalue weighted by Crippen LogP contribution is 2.30. The van der Waals surface area contributed by atoms with Crippen LogP contribution >= 0.6 is 0 Å². The van der Waals surface area contributed by atoms with Crippen LogP contribution in [0.15, 0.2) is 12.3 Å². The summed E-state index contributed by atoms with van der Waals surface area (Å²) in [7, 11) is 0. The van der Waals surface area contributed by atoms with Gasteiger partial charge in [-0.2, -0.15) is 5.10 Å². The molecule has 2 heterocycles. The molecule has 0 saturated carbocycles. The van der Waals surface area contributed by atoms with E-state index >= 15 is 0 Å². The summed E-state index contributed by atoms with van der Waals surface area (Å²) in [6, 6.07) is 1.77. The van der Waals surface area contributed by atoms with Crippen molar-refractivity contribution in [2.24, 2.45) is 5.73 Å². The molecule has 1 saturated heterocycles. The maximum absolute atomic E-state index is 11.7. The number of carbonyl (C=O) groups is 1. The van der Waals surface area contributed by atoms with Crippen LogP contribution in [0.25, 0.3) is 0 Å². The highest BCUT2D eigenvalue weighted by molar-refractivity contribution is 5.80. The van der Waals surface area contributed by atoms with Crippen LogP contribution in [0.1, 0.15) is 32.0 Å². The van der Waals surface area contributed by atoms with E-state index in [9.17, 15) is 4.79 Å². The Morgan fingerprint density at radius 3 is 2.81 bits per heavy atom. The van der Waals surface area contributed by atoms with Gasteiger partial charge in [0, 0.05) is 31.7 Å². The van der Waals surface area contributed by atoms with E-state index in [4.69, 9.17) is 5.73 Å². The summed E-state index contributed by atoms with van der Waals surface area (Å²) >= 11 is 0. The van der Waals surface area contributed by atoms with Crippen molar-refractivity contribution < 1.29 is 4.79 Å². The zero-order valence-corrected chi connectivity index (χ0v) is 9.76. The van der Waals surface area contributed by atoms with E-state index in [-0.39, 0.29) is 18.0 Å². The standard InChI is InChI=1S/C11H18N4O/c1-3-14-6-5-9(13-14)11-8(12)7-10(16)15(11)4-2/h5-6,8,11H,3-4,7,12H2,1-2H3/t8-,11-/m1/s1. The number of likely N-dealkylation sites (N-methyl/N-ethyl adjacent to an activating group) is 1. The zero-order valence-electron chi connectivity index (χ0n) is 9.76. The summed E-state index contributed by atoms with van der Waals surface area (Å²) in [4.78, 5) is 13.5. The van der Waals surface area contributed by atoms with Crippen LogP contribution in [0.4, 0.5) is 0 Å². The Kier molecular flexibility index (Phi) is 2.96. The first-order valence-electron chi connectivity index (χ1n) is 5.75. The van der Waals surface area contributed by atoms with Crippen LogP contribution in [0.3, 0.4) is 0 Å². The van der Waals surface area contributed by atoms with Crippen LogP contribution in [0.2, 0.25) is 0 Å². The number of rotatable bonds is 3. The number of aryl methyl sites for hydroxylation is 1. The maximum Gasteiger partial charge on any atom is 0.224 e. The maximum atomic E-state index is 11.7. The second-order valence-electron chi connectivity index (χ2n) is 4.09. The molecule has 88 valence electrons. The van der Waals surface area contributed by atoms with E-state index in [1.54, 1.807) is 0 Å². The molecule has 1 aliphatic rings. The second-order valence-corrected chi connectivity index (χ2v) is 4.09. The molecular formula is C11H18N4O. The smallest absolute Gasteiger partial charge is 0.224 e. The summed E-state index contributed by atoms with van der Waals surface area (Å²) in [6.07, 6.45) is 2.36. The van der Waals surface area contributed by atoms with Gasteiger partial charge in [-0.1, -0.05) is 0 Å². The van der Waals surface area contributed by atoms with E-state index in [2.05, 4.69) is 5.10 Å². The van der Waals surface area contributed by atoms with Crippen molar-refractivity contribution in [3.05, 3.63) is 18.0 Å². The Labute approximate surface area is 95.2 Å². The molecule has 0 bridgehead atoms. The van der Waals surface area contributed by atoms with Crippen LogP contribution in [-0.2, 0) is 11.3 Å². The number of carbonyl (C=O) groups excluding carboxylic acids is 1. The molecule has 5 nitrogen and oxygen atoms in total. The molecule has 0 aliphatic carbocycles. The highest BCUT2D eigenvalue weighted by Gasteiger charge is 2.38. The van der Waals surface area contributed by atoms with Crippen LogP contribution < -0.4 is 5.73 Å². The molecule has 2 N–H and O–H groups in total. The minimum Gasteiger partial charge on any atom is -0.333 e. The van der Waals surface area contributed by atoms with E-state index < -0.39 is 0 Å². The van der Waals surface area contributed by atoms with Gasteiger partial charge in [-0.05, 0) is 19.9 Å². The molecule has 1 amide bonds. The van der Waals surface area contributed by atoms with E-state index in [1.807, 2.05) is 35.7 Å². The molecule has 16 heavy (non-hydrogen) atoms. The quantitative estimate of drug-likeness (QED) is 0.811. The van der Waals surface area contributed by atoms with Crippen LogP contribution in [-0.4, -0.2) is 33.2 Å². The summed E-state index contributed by atoms with van der Waals surface area (Å²) < 4.78 is 1.86. The van der Waals surface area contributed by atoms with Gasteiger partial charge in [0.2, 0.25) is 5.91 Å². The Bertz CT molecular complexity index is 387. The van der Waals surface area contributed by atoms with Crippen molar-refractivity contribution in [3.63, 3.8) is 0 Å². The number of amides is 1. The van der Waals surface area contributed by atoms with Crippen molar-refractivity contribution >= 4 is 5.91 Å². The van der Waals surface area contributed by atoms with Crippen molar-refractivity contribution in [2.75, 3.05) is 6.54 Å². The number of nitrogens with two attached hydrogens (primary N) is 1. The fraction of sp³-hybridized carbons (Fsp3) is 0.636. The Morgan fingerprint density at radius 2 is 2.25 bits per heavy atom. The fourth-order valence-electron chi connectivity index (χ4n) is 2.28. The minimum atomic E-state index is -0.132. The predicted octanol–water partition coefficient (Wildman–Crippen LogP) is 0.524. The van der Waals surface area contributed by atoms with Crippen LogP contribution in [0, 0.1) is 0 Å². The molecule has 1 aromatic heterocycles. The average Bonchev–Trinajstić information content (AvgIpc) is 2.82.